The molecule has 2 heteroatoms. The van der Waals surface area contributed by atoms with Gasteiger partial charge in [-0.05, 0) is 59.5 Å². The van der Waals surface area contributed by atoms with Gasteiger partial charge in [-0.3, -0.25) is 4.98 Å². The Bertz CT molecular complexity index is 1100. The van der Waals surface area contributed by atoms with Crippen LogP contribution in [0.4, 0.5) is 0 Å². The van der Waals surface area contributed by atoms with Crippen LogP contribution >= 0.6 is 0 Å². The molecule has 0 N–H and O–H groups in total. The Balaban J connectivity index is 1.99. The average molecular weight is 310 g/mol. The molecule has 2 nitrogen and oxygen atoms in total. The van der Waals surface area contributed by atoms with Gasteiger partial charge in [-0.2, -0.15) is 0 Å². The van der Waals surface area contributed by atoms with Gasteiger partial charge in [0.15, 0.2) is 0 Å². The molecule has 24 heavy (non-hydrogen) atoms. The van der Waals surface area contributed by atoms with Gasteiger partial charge in [0, 0.05) is 30.1 Å². The first-order chi connectivity index (χ1) is 11.8. The van der Waals surface area contributed by atoms with Crippen molar-refractivity contribution in [2.75, 3.05) is 0 Å². The van der Waals surface area contributed by atoms with Gasteiger partial charge in [-0.25, -0.2) is 0 Å². The third kappa shape index (κ3) is 1.68. The van der Waals surface area contributed by atoms with E-state index in [1.807, 2.05) is 12.3 Å². The molecule has 4 aromatic rings. The van der Waals surface area contributed by atoms with Crippen molar-refractivity contribution < 1.29 is 0 Å². The summed E-state index contributed by atoms with van der Waals surface area (Å²) in [5, 5.41) is 2.67. The van der Waals surface area contributed by atoms with Crippen LogP contribution in [0.1, 0.15) is 22.5 Å². The van der Waals surface area contributed by atoms with Crippen LogP contribution in [0.15, 0.2) is 60.9 Å². The van der Waals surface area contributed by atoms with Gasteiger partial charge < -0.3 is 4.57 Å². The summed E-state index contributed by atoms with van der Waals surface area (Å²) < 4.78 is 2.33. The van der Waals surface area contributed by atoms with E-state index < -0.39 is 0 Å². The lowest BCUT2D eigenvalue weighted by atomic mass is 9.92. The summed E-state index contributed by atoms with van der Waals surface area (Å²) in [5.41, 5.74) is 9.17. The van der Waals surface area contributed by atoms with Crippen LogP contribution in [0.5, 0.6) is 0 Å². The molecular weight excluding hydrogens is 292 g/mol. The quantitative estimate of drug-likeness (QED) is 0.415. The van der Waals surface area contributed by atoms with Crippen molar-refractivity contribution in [2.24, 2.45) is 0 Å². The molecule has 0 radical (unpaired) electrons. The first-order valence-electron chi connectivity index (χ1n) is 8.38. The van der Waals surface area contributed by atoms with Crippen LogP contribution in [0.25, 0.3) is 27.6 Å². The number of benzene rings is 2. The molecule has 0 aliphatic heterocycles. The van der Waals surface area contributed by atoms with Gasteiger partial charge in [-0.1, -0.05) is 30.3 Å². The zero-order chi connectivity index (χ0) is 16.3. The Morgan fingerprint density at radius 2 is 1.75 bits per heavy atom. The van der Waals surface area contributed by atoms with E-state index in [1.54, 1.807) is 0 Å². The molecule has 0 bridgehead atoms. The predicted octanol–water partition coefficient (Wildman–Crippen LogP) is 5.21. The minimum Gasteiger partial charge on any atom is -0.321 e. The van der Waals surface area contributed by atoms with E-state index >= 15 is 0 Å². The fraction of sp³-hybridized carbons (Fsp3) is 0.136. The first kappa shape index (κ1) is 13.6. The molecule has 2 aromatic heterocycles. The number of aryl methyl sites for hydroxylation is 2. The summed E-state index contributed by atoms with van der Waals surface area (Å²) in [7, 11) is 0. The minimum absolute atomic E-state index is 0.907. The molecule has 116 valence electrons. The van der Waals surface area contributed by atoms with Crippen molar-refractivity contribution in [1.29, 1.82) is 0 Å². The van der Waals surface area contributed by atoms with E-state index in [0.717, 1.165) is 6.42 Å². The number of hydrogen-bond donors (Lipinski definition) is 0. The summed E-state index contributed by atoms with van der Waals surface area (Å²) in [4.78, 5) is 4.65. The van der Waals surface area contributed by atoms with Crippen LogP contribution in [0.3, 0.4) is 0 Å². The van der Waals surface area contributed by atoms with Gasteiger partial charge in [0.25, 0.3) is 0 Å². The number of fused-ring (bicyclic) bond motifs is 5. The topological polar surface area (TPSA) is 17.8 Å². The Hall–Kier alpha value is -2.87. The summed E-state index contributed by atoms with van der Waals surface area (Å²) >= 11 is 0. The highest BCUT2D eigenvalue weighted by molar-refractivity contribution is 6.04. The van der Waals surface area contributed by atoms with Crippen molar-refractivity contribution in [3.8, 4) is 16.8 Å². The number of pyridine rings is 1. The molecule has 0 atom stereocenters. The van der Waals surface area contributed by atoms with E-state index in [-0.39, 0.29) is 0 Å². The van der Waals surface area contributed by atoms with Gasteiger partial charge in [-0.15, -0.1) is 0 Å². The highest BCUT2D eigenvalue weighted by Crippen LogP contribution is 2.45. The highest BCUT2D eigenvalue weighted by Gasteiger charge is 2.27. The Kier molecular flexibility index (Phi) is 2.72. The van der Waals surface area contributed by atoms with Crippen LogP contribution in [-0.2, 0) is 6.42 Å². The molecule has 1 aliphatic rings. The van der Waals surface area contributed by atoms with Crippen molar-refractivity contribution in [3.05, 3.63) is 83.4 Å². The van der Waals surface area contributed by atoms with E-state index in [1.165, 1.54) is 50.1 Å². The van der Waals surface area contributed by atoms with Crippen molar-refractivity contribution in [2.45, 2.75) is 20.3 Å². The maximum atomic E-state index is 4.65. The molecule has 2 heterocycles. The lowest BCUT2D eigenvalue weighted by molar-refractivity contribution is 0.978. The maximum absolute atomic E-state index is 4.65. The summed E-state index contributed by atoms with van der Waals surface area (Å²) in [5.74, 6) is 0. The van der Waals surface area contributed by atoms with E-state index in [4.69, 9.17) is 0 Å². The number of aromatic nitrogens is 2. The minimum atomic E-state index is 0.907. The second-order valence-electron chi connectivity index (χ2n) is 6.57. The molecule has 0 fully saturated rings. The van der Waals surface area contributed by atoms with Crippen molar-refractivity contribution in [3.63, 3.8) is 0 Å². The lowest BCUT2D eigenvalue weighted by Crippen LogP contribution is -2.04. The second-order valence-corrected chi connectivity index (χ2v) is 6.57. The van der Waals surface area contributed by atoms with Gasteiger partial charge >= 0.3 is 0 Å². The Labute approximate surface area is 141 Å². The van der Waals surface area contributed by atoms with Crippen LogP contribution in [0.2, 0.25) is 0 Å². The molecular formula is C22H18N2. The second kappa shape index (κ2) is 4.81. The van der Waals surface area contributed by atoms with E-state index in [0.29, 0.717) is 0 Å². The largest absolute Gasteiger partial charge is 0.321 e. The zero-order valence-electron chi connectivity index (χ0n) is 13.9. The Morgan fingerprint density at radius 1 is 0.917 bits per heavy atom. The Morgan fingerprint density at radius 3 is 2.54 bits per heavy atom. The van der Waals surface area contributed by atoms with Crippen LogP contribution in [0, 0.1) is 13.8 Å². The van der Waals surface area contributed by atoms with Crippen LogP contribution < -0.4 is 0 Å². The molecule has 0 unspecified atom stereocenters. The lowest BCUT2D eigenvalue weighted by Gasteiger charge is -2.19. The van der Waals surface area contributed by atoms with Gasteiger partial charge in [0.05, 0.1) is 11.4 Å². The number of nitrogens with zero attached hydrogens (tertiary/aromatic N) is 2. The summed E-state index contributed by atoms with van der Waals surface area (Å²) in [6.07, 6.45) is 4.98. The standard InChI is InChI=1S/C22H18N2/c1-14-7-6-12-24(14)22-15(2)16-8-3-4-9-17(16)21-18-10-5-11-23-20(18)13-19(21)22/h3-12H,13H2,1-2H3. The molecule has 1 aliphatic carbocycles. The molecule has 0 saturated carbocycles. The molecule has 5 rings (SSSR count). The first-order valence-corrected chi connectivity index (χ1v) is 8.38. The number of hydrogen-bond acceptors (Lipinski definition) is 1. The predicted molar refractivity (Wildman–Crippen MR) is 98.8 cm³/mol. The summed E-state index contributed by atoms with van der Waals surface area (Å²) in [6.45, 7) is 4.41. The highest BCUT2D eigenvalue weighted by atomic mass is 15.0. The monoisotopic (exact) mass is 310 g/mol. The van der Waals surface area contributed by atoms with Gasteiger partial charge in [0.1, 0.15) is 0 Å². The fourth-order valence-corrected chi connectivity index (χ4v) is 4.16. The summed E-state index contributed by atoms with van der Waals surface area (Å²) in [6, 6.07) is 17.3. The molecule has 2 aromatic carbocycles. The third-order valence-corrected chi connectivity index (χ3v) is 5.24. The SMILES string of the molecule is Cc1c(-n2cccc2C)c2c(c3ccccc13)-c1cccnc1C2. The molecule has 0 amide bonds. The normalized spacial score (nSPS) is 12.4. The average Bonchev–Trinajstić information content (AvgIpc) is 3.19. The van der Waals surface area contributed by atoms with Crippen molar-refractivity contribution in [1.82, 2.24) is 9.55 Å². The van der Waals surface area contributed by atoms with Crippen LogP contribution in [-0.4, -0.2) is 9.55 Å². The molecule has 0 saturated heterocycles. The zero-order valence-corrected chi connectivity index (χ0v) is 13.9. The maximum Gasteiger partial charge on any atom is 0.0529 e. The van der Waals surface area contributed by atoms with Gasteiger partial charge in [0.2, 0.25) is 0 Å². The molecule has 0 spiro atoms. The van der Waals surface area contributed by atoms with E-state index in [9.17, 15) is 0 Å². The van der Waals surface area contributed by atoms with Crippen molar-refractivity contribution >= 4 is 10.8 Å². The third-order valence-electron chi connectivity index (χ3n) is 5.24. The number of rotatable bonds is 1. The smallest absolute Gasteiger partial charge is 0.0529 e. The van der Waals surface area contributed by atoms with E-state index in [2.05, 4.69) is 72.1 Å². The fourth-order valence-electron chi connectivity index (χ4n) is 4.16.